The number of alkyl halides is 1. The zero-order valence-corrected chi connectivity index (χ0v) is 12.5. The van der Waals surface area contributed by atoms with Gasteiger partial charge in [-0.2, -0.15) is 0 Å². The Hall–Kier alpha value is -0.573. The average molecular weight is 281 g/mol. The number of halogens is 1. The van der Waals surface area contributed by atoms with Crippen molar-refractivity contribution in [1.82, 2.24) is 0 Å². The summed E-state index contributed by atoms with van der Waals surface area (Å²) in [4.78, 5) is 0. The third-order valence-corrected chi connectivity index (χ3v) is 8.86. The number of hydrogen-bond donors (Lipinski definition) is 0. The van der Waals surface area contributed by atoms with E-state index in [4.69, 9.17) is 16.0 Å². The first-order valence-electron chi connectivity index (χ1n) is 6.76. The van der Waals surface area contributed by atoms with Crippen LogP contribution in [0.25, 0.3) is 6.08 Å². The average Bonchev–Trinajstić information content (AvgIpc) is 2.46. The molecule has 0 saturated carbocycles. The second-order valence-corrected chi connectivity index (χ2v) is 9.73. The van der Waals surface area contributed by atoms with Crippen LogP contribution in [0, 0.1) is 0 Å². The highest BCUT2D eigenvalue weighted by atomic mass is 35.5. The summed E-state index contributed by atoms with van der Waals surface area (Å²) in [6.45, 7) is 0.716. The Labute approximate surface area is 116 Å². The van der Waals surface area contributed by atoms with E-state index in [1.165, 1.54) is 36.9 Å². The molecule has 0 radical (unpaired) electrons. The van der Waals surface area contributed by atoms with E-state index >= 15 is 0 Å². The van der Waals surface area contributed by atoms with Crippen LogP contribution < -0.4 is 0 Å². The molecule has 1 fully saturated rings. The highest BCUT2D eigenvalue weighted by Gasteiger charge is 2.35. The van der Waals surface area contributed by atoms with Crippen molar-refractivity contribution in [3.8, 4) is 0 Å². The summed E-state index contributed by atoms with van der Waals surface area (Å²) in [5, 5.41) is 0. The molecule has 2 rings (SSSR count). The maximum Gasteiger partial charge on any atom is 0.207 e. The molecular formula is C15H21ClOSi. The summed E-state index contributed by atoms with van der Waals surface area (Å²) in [6.07, 6.45) is 8.21. The molecule has 1 nitrogen and oxygen atoms in total. The molecule has 18 heavy (non-hydrogen) atoms. The molecule has 0 atom stereocenters. The fourth-order valence-corrected chi connectivity index (χ4v) is 6.64. The summed E-state index contributed by atoms with van der Waals surface area (Å²) in [5.41, 5.74) is 1.98. The molecule has 98 valence electrons. The van der Waals surface area contributed by atoms with Crippen LogP contribution in [0.5, 0.6) is 0 Å². The van der Waals surface area contributed by atoms with Gasteiger partial charge in [0.15, 0.2) is 0 Å². The molecule has 1 saturated heterocycles. The Bertz CT molecular complexity index is 371. The van der Waals surface area contributed by atoms with Gasteiger partial charge >= 0.3 is 0 Å². The molecule has 0 N–H and O–H groups in total. The lowest BCUT2D eigenvalue weighted by Crippen LogP contribution is -2.42. The van der Waals surface area contributed by atoms with E-state index in [2.05, 4.69) is 36.4 Å². The van der Waals surface area contributed by atoms with Crippen LogP contribution >= 0.6 is 11.6 Å². The first-order chi connectivity index (χ1) is 8.85. The van der Waals surface area contributed by atoms with Gasteiger partial charge in [-0.25, -0.2) is 0 Å². The van der Waals surface area contributed by atoms with Gasteiger partial charge in [-0.3, -0.25) is 0 Å². The Morgan fingerprint density at radius 1 is 1.11 bits per heavy atom. The van der Waals surface area contributed by atoms with Crippen LogP contribution in [0.4, 0.5) is 0 Å². The SMILES string of the molecule is ClC[Si]1(OC/C=C/c2ccccc2)CCCCC1. The Morgan fingerprint density at radius 3 is 2.50 bits per heavy atom. The summed E-state index contributed by atoms with van der Waals surface area (Å²) < 4.78 is 6.16. The van der Waals surface area contributed by atoms with Gasteiger partial charge in [-0.1, -0.05) is 61.7 Å². The maximum absolute atomic E-state index is 6.16. The van der Waals surface area contributed by atoms with Crippen LogP contribution in [-0.2, 0) is 4.43 Å². The lowest BCUT2D eigenvalue weighted by Gasteiger charge is -2.32. The Morgan fingerprint density at radius 2 is 1.83 bits per heavy atom. The fraction of sp³-hybridized carbons (Fsp3) is 0.467. The second-order valence-electron chi connectivity index (χ2n) is 5.00. The zero-order chi connectivity index (χ0) is 12.7. The van der Waals surface area contributed by atoms with Gasteiger partial charge in [0.1, 0.15) is 0 Å². The van der Waals surface area contributed by atoms with Gasteiger partial charge < -0.3 is 4.43 Å². The quantitative estimate of drug-likeness (QED) is 0.565. The number of hydrogen-bond acceptors (Lipinski definition) is 1. The first kappa shape index (κ1) is 13.8. The molecule has 1 aromatic rings. The molecule has 3 heteroatoms. The zero-order valence-electron chi connectivity index (χ0n) is 10.8. The van der Waals surface area contributed by atoms with Crippen LogP contribution in [-0.4, -0.2) is 20.4 Å². The normalized spacial score (nSPS) is 19.2. The second kappa shape index (κ2) is 7.12. The molecular weight excluding hydrogens is 260 g/mol. The van der Waals surface area contributed by atoms with E-state index in [9.17, 15) is 0 Å². The third kappa shape index (κ3) is 3.97. The van der Waals surface area contributed by atoms with Crippen LogP contribution in [0.3, 0.4) is 0 Å². The Balaban J connectivity index is 1.82. The molecule has 1 aromatic carbocycles. The molecule has 1 aliphatic rings. The molecule has 0 amide bonds. The lowest BCUT2D eigenvalue weighted by atomic mass is 10.2. The van der Waals surface area contributed by atoms with E-state index in [1.807, 2.05) is 6.07 Å². The van der Waals surface area contributed by atoms with Gasteiger partial charge in [-0.15, -0.1) is 11.6 Å². The van der Waals surface area contributed by atoms with E-state index in [0.29, 0.717) is 6.61 Å². The number of rotatable bonds is 5. The topological polar surface area (TPSA) is 9.23 Å². The summed E-state index contributed by atoms with van der Waals surface area (Å²) in [5.74, 6) is 0. The van der Waals surface area contributed by atoms with Crippen molar-refractivity contribution in [3.63, 3.8) is 0 Å². The van der Waals surface area contributed by atoms with Gasteiger partial charge in [-0.05, 0) is 17.7 Å². The van der Waals surface area contributed by atoms with Crippen molar-refractivity contribution in [2.75, 3.05) is 12.1 Å². The van der Waals surface area contributed by atoms with Crippen molar-refractivity contribution >= 4 is 26.0 Å². The standard InChI is InChI=1S/C15H21ClOSi/c16-14-18(12-5-2-6-13-18)17-11-7-10-15-8-3-1-4-9-15/h1,3-4,7-10H,2,5-6,11-14H2/b10-7+. The highest BCUT2D eigenvalue weighted by molar-refractivity contribution is 6.80. The predicted octanol–water partition coefficient (Wildman–Crippen LogP) is 4.62. The molecule has 1 heterocycles. The summed E-state index contributed by atoms with van der Waals surface area (Å²) in [7, 11) is -1.58. The molecule has 0 aliphatic carbocycles. The van der Waals surface area contributed by atoms with E-state index in [-0.39, 0.29) is 0 Å². The maximum atomic E-state index is 6.16. The van der Waals surface area contributed by atoms with Gasteiger partial charge in [0, 0.05) is 5.50 Å². The minimum Gasteiger partial charge on any atom is -0.412 e. The van der Waals surface area contributed by atoms with Crippen molar-refractivity contribution in [1.29, 1.82) is 0 Å². The minimum absolute atomic E-state index is 0.716. The molecule has 1 aliphatic heterocycles. The molecule has 0 unspecified atom stereocenters. The highest BCUT2D eigenvalue weighted by Crippen LogP contribution is 2.30. The molecule has 0 bridgehead atoms. The fourth-order valence-electron chi connectivity index (χ4n) is 2.49. The monoisotopic (exact) mass is 280 g/mol. The molecule has 0 aromatic heterocycles. The van der Waals surface area contributed by atoms with Crippen molar-refractivity contribution in [2.45, 2.75) is 31.4 Å². The smallest absolute Gasteiger partial charge is 0.207 e. The van der Waals surface area contributed by atoms with Gasteiger partial charge in [0.05, 0.1) is 6.61 Å². The van der Waals surface area contributed by atoms with E-state index in [0.717, 1.165) is 5.50 Å². The van der Waals surface area contributed by atoms with Crippen molar-refractivity contribution < 1.29 is 4.43 Å². The van der Waals surface area contributed by atoms with Crippen molar-refractivity contribution in [3.05, 3.63) is 42.0 Å². The van der Waals surface area contributed by atoms with Crippen LogP contribution in [0.2, 0.25) is 12.1 Å². The summed E-state index contributed by atoms with van der Waals surface area (Å²) in [6, 6.07) is 12.8. The van der Waals surface area contributed by atoms with Gasteiger partial charge in [0.2, 0.25) is 8.32 Å². The van der Waals surface area contributed by atoms with Crippen LogP contribution in [0.1, 0.15) is 24.8 Å². The lowest BCUT2D eigenvalue weighted by molar-refractivity contribution is 0.336. The van der Waals surface area contributed by atoms with E-state index < -0.39 is 8.32 Å². The largest absolute Gasteiger partial charge is 0.412 e. The number of benzene rings is 1. The first-order valence-corrected chi connectivity index (χ1v) is 9.83. The Kier molecular flexibility index (Phi) is 5.48. The minimum atomic E-state index is -1.58. The van der Waals surface area contributed by atoms with Crippen molar-refractivity contribution in [2.24, 2.45) is 0 Å². The molecule has 0 spiro atoms. The summed E-state index contributed by atoms with van der Waals surface area (Å²) >= 11 is 6.15. The van der Waals surface area contributed by atoms with Crippen LogP contribution in [0.15, 0.2) is 36.4 Å². The third-order valence-electron chi connectivity index (χ3n) is 3.60. The van der Waals surface area contributed by atoms with E-state index in [1.54, 1.807) is 0 Å². The predicted molar refractivity (Wildman–Crippen MR) is 81.4 cm³/mol. The van der Waals surface area contributed by atoms with Gasteiger partial charge in [0.25, 0.3) is 0 Å².